The number of benzene rings is 1. The number of aryl methyl sites for hydroxylation is 1. The van der Waals surface area contributed by atoms with Crippen LogP contribution in [0.3, 0.4) is 0 Å². The second-order valence-corrected chi connectivity index (χ2v) is 5.68. The first-order valence-electron chi connectivity index (χ1n) is 7.72. The third-order valence-corrected chi connectivity index (χ3v) is 3.99. The summed E-state index contributed by atoms with van der Waals surface area (Å²) in [5.41, 5.74) is 1.76. The number of nitrogens with one attached hydrogen (secondary N) is 1. The Kier molecular flexibility index (Phi) is 4.53. The summed E-state index contributed by atoms with van der Waals surface area (Å²) in [4.78, 5) is 16.5. The van der Waals surface area contributed by atoms with Gasteiger partial charge in [-0.15, -0.1) is 0 Å². The highest BCUT2D eigenvalue weighted by Crippen LogP contribution is 2.26. The minimum Gasteiger partial charge on any atom is -0.368 e. The lowest BCUT2D eigenvalue weighted by atomic mass is 10.1. The van der Waals surface area contributed by atoms with Crippen molar-refractivity contribution in [2.75, 3.05) is 11.9 Å². The number of hydrogen-bond donors (Lipinski definition) is 1. The summed E-state index contributed by atoms with van der Waals surface area (Å²) in [7, 11) is 1.87. The molecule has 5 heteroatoms. The van der Waals surface area contributed by atoms with E-state index in [0.29, 0.717) is 5.82 Å². The molecule has 1 aliphatic rings. The average Bonchev–Trinajstić information content (AvgIpc) is 3.17. The molecule has 1 N–H and O–H groups in total. The van der Waals surface area contributed by atoms with Crippen LogP contribution in [-0.2, 0) is 16.6 Å². The van der Waals surface area contributed by atoms with Crippen molar-refractivity contribution in [2.24, 2.45) is 7.05 Å². The fourth-order valence-electron chi connectivity index (χ4n) is 2.80. The van der Waals surface area contributed by atoms with E-state index in [0.717, 1.165) is 24.1 Å². The summed E-state index contributed by atoms with van der Waals surface area (Å²) in [6, 6.07) is 9.83. The zero-order valence-corrected chi connectivity index (χ0v) is 12.8. The monoisotopic (exact) mass is 299 g/mol. The van der Waals surface area contributed by atoms with E-state index in [-0.39, 0.29) is 18.6 Å². The van der Waals surface area contributed by atoms with Gasteiger partial charge in [0.25, 0.3) is 5.91 Å². The van der Waals surface area contributed by atoms with Crippen LogP contribution in [0.25, 0.3) is 11.3 Å². The molecule has 0 radical (unpaired) electrons. The first-order chi connectivity index (χ1) is 10.7. The van der Waals surface area contributed by atoms with Gasteiger partial charge < -0.3 is 14.6 Å². The van der Waals surface area contributed by atoms with Gasteiger partial charge >= 0.3 is 0 Å². The maximum absolute atomic E-state index is 12.1. The van der Waals surface area contributed by atoms with Crippen molar-refractivity contribution < 1.29 is 9.53 Å². The lowest BCUT2D eigenvalue weighted by molar-refractivity contribution is -0.122. The summed E-state index contributed by atoms with van der Waals surface area (Å²) < 4.78 is 7.47. The highest BCUT2D eigenvalue weighted by atomic mass is 16.5. The Morgan fingerprint density at radius 2 is 2.05 bits per heavy atom. The Morgan fingerprint density at radius 3 is 2.77 bits per heavy atom. The van der Waals surface area contributed by atoms with Crippen molar-refractivity contribution in [3.63, 3.8) is 0 Å². The van der Waals surface area contributed by atoms with E-state index < -0.39 is 0 Å². The molecular weight excluding hydrogens is 278 g/mol. The van der Waals surface area contributed by atoms with Crippen LogP contribution >= 0.6 is 0 Å². The van der Waals surface area contributed by atoms with Crippen LogP contribution < -0.4 is 5.32 Å². The number of aromatic nitrogens is 2. The average molecular weight is 299 g/mol. The van der Waals surface area contributed by atoms with Gasteiger partial charge in [-0.1, -0.05) is 43.2 Å². The predicted molar refractivity (Wildman–Crippen MR) is 85.5 cm³/mol. The molecule has 1 aliphatic carbocycles. The highest BCUT2D eigenvalue weighted by molar-refractivity contribution is 5.94. The number of amides is 1. The predicted octanol–water partition coefficient (Wildman–Crippen LogP) is 2.98. The standard InChI is InChI=1S/C17H21N3O2/c1-20-12-18-16(13-7-3-2-4-8-13)17(20)19-15(21)11-22-14-9-5-6-10-14/h2-4,7-8,12,14H,5-6,9-11H2,1H3,(H,19,21). The van der Waals surface area contributed by atoms with Crippen LogP contribution in [-0.4, -0.2) is 28.2 Å². The zero-order chi connectivity index (χ0) is 15.4. The molecule has 1 aromatic heterocycles. The number of nitrogens with zero attached hydrogens (tertiary/aromatic N) is 2. The van der Waals surface area contributed by atoms with Gasteiger partial charge in [-0.25, -0.2) is 4.98 Å². The molecule has 3 rings (SSSR count). The minimum absolute atomic E-state index is 0.101. The van der Waals surface area contributed by atoms with Gasteiger partial charge in [0.05, 0.1) is 12.4 Å². The molecule has 0 aliphatic heterocycles. The molecule has 0 unspecified atom stereocenters. The van der Waals surface area contributed by atoms with E-state index in [9.17, 15) is 4.79 Å². The van der Waals surface area contributed by atoms with Gasteiger partial charge in [0, 0.05) is 12.6 Å². The molecular formula is C17H21N3O2. The molecule has 1 aromatic carbocycles. The third-order valence-electron chi connectivity index (χ3n) is 3.99. The molecule has 0 bridgehead atoms. The molecule has 2 aromatic rings. The third kappa shape index (κ3) is 3.36. The van der Waals surface area contributed by atoms with Crippen LogP contribution in [0.5, 0.6) is 0 Å². The smallest absolute Gasteiger partial charge is 0.251 e. The maximum Gasteiger partial charge on any atom is 0.251 e. The van der Waals surface area contributed by atoms with Gasteiger partial charge in [0.15, 0.2) is 0 Å². The molecule has 1 saturated carbocycles. The second-order valence-electron chi connectivity index (χ2n) is 5.68. The Bertz CT molecular complexity index is 631. The maximum atomic E-state index is 12.1. The Balaban J connectivity index is 1.67. The molecule has 1 fully saturated rings. The molecule has 1 amide bonds. The summed E-state index contributed by atoms with van der Waals surface area (Å²) in [6.45, 7) is 0.101. The van der Waals surface area contributed by atoms with Crippen LogP contribution in [0.4, 0.5) is 5.82 Å². The van der Waals surface area contributed by atoms with Crippen molar-refractivity contribution in [3.8, 4) is 11.3 Å². The van der Waals surface area contributed by atoms with E-state index in [1.165, 1.54) is 12.8 Å². The number of carbonyl (C=O) groups is 1. The first kappa shape index (κ1) is 14.8. The van der Waals surface area contributed by atoms with Gasteiger partial charge in [-0.3, -0.25) is 4.79 Å². The number of carbonyl (C=O) groups excluding carboxylic acids is 1. The van der Waals surface area contributed by atoms with Gasteiger partial charge in [-0.05, 0) is 12.8 Å². The van der Waals surface area contributed by atoms with Crippen molar-refractivity contribution in [1.29, 1.82) is 0 Å². The van der Waals surface area contributed by atoms with Gasteiger partial charge in [-0.2, -0.15) is 0 Å². The van der Waals surface area contributed by atoms with Crippen LogP contribution in [0, 0.1) is 0 Å². The molecule has 22 heavy (non-hydrogen) atoms. The van der Waals surface area contributed by atoms with Crippen molar-refractivity contribution in [1.82, 2.24) is 9.55 Å². The fourth-order valence-corrected chi connectivity index (χ4v) is 2.80. The SMILES string of the molecule is Cn1cnc(-c2ccccc2)c1NC(=O)COC1CCCC1. The molecule has 1 heterocycles. The Hall–Kier alpha value is -2.14. The zero-order valence-electron chi connectivity index (χ0n) is 12.8. The van der Waals surface area contributed by atoms with Crippen molar-refractivity contribution in [3.05, 3.63) is 36.7 Å². The second kappa shape index (κ2) is 6.75. The molecule has 0 spiro atoms. The molecule has 0 saturated heterocycles. The van der Waals surface area contributed by atoms with E-state index in [1.807, 2.05) is 41.9 Å². The molecule has 0 atom stereocenters. The summed E-state index contributed by atoms with van der Waals surface area (Å²) in [6.07, 6.45) is 6.47. The van der Waals surface area contributed by atoms with Crippen LogP contribution in [0.15, 0.2) is 36.7 Å². The number of imidazole rings is 1. The van der Waals surface area contributed by atoms with E-state index in [4.69, 9.17) is 4.74 Å². The van der Waals surface area contributed by atoms with Crippen molar-refractivity contribution in [2.45, 2.75) is 31.8 Å². The number of ether oxygens (including phenoxy) is 1. The summed E-state index contributed by atoms with van der Waals surface area (Å²) in [5.74, 6) is 0.568. The Morgan fingerprint density at radius 1 is 1.32 bits per heavy atom. The fraction of sp³-hybridized carbons (Fsp3) is 0.412. The first-order valence-corrected chi connectivity index (χ1v) is 7.72. The van der Waals surface area contributed by atoms with E-state index in [1.54, 1.807) is 6.33 Å². The quantitative estimate of drug-likeness (QED) is 0.923. The lowest BCUT2D eigenvalue weighted by Crippen LogP contribution is -2.23. The van der Waals surface area contributed by atoms with E-state index >= 15 is 0 Å². The van der Waals surface area contributed by atoms with Crippen LogP contribution in [0.2, 0.25) is 0 Å². The molecule has 116 valence electrons. The van der Waals surface area contributed by atoms with Gasteiger partial charge in [0.1, 0.15) is 18.1 Å². The number of anilines is 1. The summed E-state index contributed by atoms with van der Waals surface area (Å²) >= 11 is 0. The largest absolute Gasteiger partial charge is 0.368 e. The number of rotatable bonds is 5. The lowest BCUT2D eigenvalue weighted by Gasteiger charge is -2.12. The normalized spacial score (nSPS) is 15.1. The van der Waals surface area contributed by atoms with Crippen LogP contribution in [0.1, 0.15) is 25.7 Å². The minimum atomic E-state index is -0.132. The Labute approximate surface area is 130 Å². The topological polar surface area (TPSA) is 56.2 Å². The highest BCUT2D eigenvalue weighted by Gasteiger charge is 2.18. The van der Waals surface area contributed by atoms with E-state index in [2.05, 4.69) is 10.3 Å². The molecule has 5 nitrogen and oxygen atoms in total. The van der Waals surface area contributed by atoms with Gasteiger partial charge in [0.2, 0.25) is 0 Å². The van der Waals surface area contributed by atoms with Crippen molar-refractivity contribution >= 4 is 11.7 Å². The number of hydrogen-bond acceptors (Lipinski definition) is 3. The summed E-state index contributed by atoms with van der Waals surface area (Å²) in [5, 5.41) is 2.92.